The molecule has 1 atom stereocenters. The molecular formula is C23H27N5O3S2. The van der Waals surface area contributed by atoms with Crippen molar-refractivity contribution in [2.24, 2.45) is 5.92 Å². The van der Waals surface area contributed by atoms with Crippen molar-refractivity contribution in [3.63, 3.8) is 0 Å². The standard InChI is InChI=1S/C23H27N5O3S2/c1-14-18(11-24-21(30)19-13-33-23(27-19)32-3)26-22(31-14)15-6-4-8-17(10-15)25-20(29)16-7-5-9-28(2)12-16/h4,6,8,10,13,16H,5,7,9,11-12H2,1-3H3,(H,24,30)(H,25,29)/t16-/m0/s1. The van der Waals surface area contributed by atoms with Crippen LogP contribution in [0, 0.1) is 12.8 Å². The average Bonchev–Trinajstić information content (AvgIpc) is 3.44. The van der Waals surface area contributed by atoms with Crippen LogP contribution in [-0.4, -0.2) is 53.1 Å². The average molecular weight is 486 g/mol. The van der Waals surface area contributed by atoms with Crippen LogP contribution in [0.3, 0.4) is 0 Å². The molecule has 10 heteroatoms. The van der Waals surface area contributed by atoms with Crippen LogP contribution in [0.15, 0.2) is 38.4 Å². The summed E-state index contributed by atoms with van der Waals surface area (Å²) in [6.45, 7) is 3.87. The molecule has 8 nitrogen and oxygen atoms in total. The van der Waals surface area contributed by atoms with E-state index in [0.717, 1.165) is 35.8 Å². The number of thiazole rings is 1. The third-order valence-corrected chi connectivity index (χ3v) is 7.43. The largest absolute Gasteiger partial charge is 0.441 e. The highest BCUT2D eigenvalue weighted by Crippen LogP contribution is 2.26. The Morgan fingerprint density at radius 1 is 1.33 bits per heavy atom. The first kappa shape index (κ1) is 23.5. The number of carbonyl (C=O) groups excluding carboxylic acids is 2. The summed E-state index contributed by atoms with van der Waals surface area (Å²) in [6.07, 6.45) is 3.87. The molecule has 1 aromatic carbocycles. The number of carbonyl (C=O) groups is 2. The van der Waals surface area contributed by atoms with Gasteiger partial charge in [-0.05, 0) is 57.8 Å². The van der Waals surface area contributed by atoms with Crippen molar-refractivity contribution in [3.05, 3.63) is 46.8 Å². The van der Waals surface area contributed by atoms with Gasteiger partial charge in [-0.1, -0.05) is 17.8 Å². The number of hydrogen-bond acceptors (Lipinski definition) is 8. The van der Waals surface area contributed by atoms with Crippen molar-refractivity contribution in [3.8, 4) is 11.5 Å². The maximum Gasteiger partial charge on any atom is 0.271 e. The smallest absolute Gasteiger partial charge is 0.271 e. The summed E-state index contributed by atoms with van der Waals surface area (Å²) in [5.41, 5.74) is 2.53. The molecule has 0 bridgehead atoms. The van der Waals surface area contributed by atoms with Crippen LogP contribution >= 0.6 is 23.1 Å². The molecule has 1 saturated heterocycles. The zero-order valence-corrected chi connectivity index (χ0v) is 20.5. The van der Waals surface area contributed by atoms with Gasteiger partial charge in [-0.3, -0.25) is 9.59 Å². The number of hydrogen-bond donors (Lipinski definition) is 2. The second-order valence-electron chi connectivity index (χ2n) is 8.08. The molecule has 4 rings (SSSR count). The predicted octanol–water partition coefficient (Wildman–Crippen LogP) is 4.04. The van der Waals surface area contributed by atoms with Crippen LogP contribution in [-0.2, 0) is 11.3 Å². The van der Waals surface area contributed by atoms with E-state index in [-0.39, 0.29) is 24.3 Å². The molecule has 1 aliphatic heterocycles. The number of anilines is 1. The van der Waals surface area contributed by atoms with Gasteiger partial charge in [0.15, 0.2) is 0 Å². The van der Waals surface area contributed by atoms with Gasteiger partial charge in [0, 0.05) is 23.2 Å². The highest BCUT2D eigenvalue weighted by atomic mass is 32.2. The summed E-state index contributed by atoms with van der Waals surface area (Å²) in [5.74, 6) is 0.874. The Kier molecular flexibility index (Phi) is 7.46. The number of amides is 2. The maximum atomic E-state index is 12.7. The molecule has 2 N–H and O–H groups in total. The molecule has 174 valence electrons. The Bertz CT molecular complexity index is 1140. The van der Waals surface area contributed by atoms with Gasteiger partial charge in [0.1, 0.15) is 21.5 Å². The molecule has 1 aliphatic rings. The van der Waals surface area contributed by atoms with E-state index >= 15 is 0 Å². The number of nitrogens with one attached hydrogen (secondary N) is 2. The molecule has 2 aromatic heterocycles. The van der Waals surface area contributed by atoms with Crippen molar-refractivity contribution >= 4 is 40.6 Å². The molecule has 0 radical (unpaired) electrons. The van der Waals surface area contributed by atoms with Crippen LogP contribution in [0.2, 0.25) is 0 Å². The topological polar surface area (TPSA) is 100 Å². The lowest BCUT2D eigenvalue weighted by Crippen LogP contribution is -2.38. The normalized spacial score (nSPS) is 16.5. The molecule has 33 heavy (non-hydrogen) atoms. The minimum absolute atomic E-state index is 0.00341. The molecule has 0 spiro atoms. The SMILES string of the molecule is CSc1nc(C(=O)NCc2nc(-c3cccc(NC(=O)[C@H]4CCCN(C)C4)c3)oc2C)cs1. The summed E-state index contributed by atoms with van der Waals surface area (Å²) < 4.78 is 6.70. The number of piperidine rings is 1. The Morgan fingerprint density at radius 3 is 2.94 bits per heavy atom. The number of rotatable bonds is 7. The van der Waals surface area contributed by atoms with Crippen molar-refractivity contribution in [2.75, 3.05) is 31.7 Å². The highest BCUT2D eigenvalue weighted by Gasteiger charge is 2.24. The molecule has 2 amide bonds. The lowest BCUT2D eigenvalue weighted by atomic mass is 9.97. The minimum Gasteiger partial charge on any atom is -0.441 e. The lowest BCUT2D eigenvalue weighted by molar-refractivity contribution is -0.121. The van der Waals surface area contributed by atoms with E-state index in [1.54, 1.807) is 5.38 Å². The van der Waals surface area contributed by atoms with Crippen LogP contribution in [0.1, 0.15) is 34.8 Å². The Morgan fingerprint density at radius 2 is 2.18 bits per heavy atom. The van der Waals surface area contributed by atoms with E-state index in [1.807, 2.05) is 44.5 Å². The fourth-order valence-electron chi connectivity index (χ4n) is 3.78. The molecule has 0 aliphatic carbocycles. The molecule has 0 saturated carbocycles. The minimum atomic E-state index is -0.242. The first-order valence-corrected chi connectivity index (χ1v) is 12.9. The van der Waals surface area contributed by atoms with Crippen molar-refractivity contribution < 1.29 is 14.0 Å². The summed E-state index contributed by atoms with van der Waals surface area (Å²) in [7, 11) is 2.05. The van der Waals surface area contributed by atoms with E-state index in [4.69, 9.17) is 4.42 Å². The molecule has 1 fully saturated rings. The summed E-state index contributed by atoms with van der Waals surface area (Å²) >= 11 is 2.95. The fraction of sp³-hybridized carbons (Fsp3) is 0.391. The van der Waals surface area contributed by atoms with Gasteiger partial charge in [0.25, 0.3) is 5.91 Å². The van der Waals surface area contributed by atoms with Gasteiger partial charge in [-0.15, -0.1) is 11.3 Å². The Balaban J connectivity index is 1.40. The summed E-state index contributed by atoms with van der Waals surface area (Å²) in [4.78, 5) is 36.1. The zero-order chi connectivity index (χ0) is 23.4. The van der Waals surface area contributed by atoms with E-state index in [9.17, 15) is 9.59 Å². The molecular weight excluding hydrogens is 458 g/mol. The first-order valence-electron chi connectivity index (χ1n) is 10.8. The first-order chi connectivity index (χ1) is 15.9. The van der Waals surface area contributed by atoms with E-state index in [2.05, 4.69) is 25.5 Å². The van der Waals surface area contributed by atoms with Gasteiger partial charge >= 0.3 is 0 Å². The Hall–Kier alpha value is -2.69. The van der Waals surface area contributed by atoms with Crippen LogP contribution in [0.5, 0.6) is 0 Å². The van der Waals surface area contributed by atoms with Crippen LogP contribution in [0.4, 0.5) is 5.69 Å². The number of nitrogens with zero attached hydrogens (tertiary/aromatic N) is 3. The maximum absolute atomic E-state index is 12.7. The molecule has 3 heterocycles. The quantitative estimate of drug-likeness (QED) is 0.487. The van der Waals surface area contributed by atoms with E-state index in [1.165, 1.54) is 23.1 Å². The second kappa shape index (κ2) is 10.5. The lowest BCUT2D eigenvalue weighted by Gasteiger charge is -2.28. The monoisotopic (exact) mass is 485 g/mol. The number of oxazole rings is 1. The summed E-state index contributed by atoms with van der Waals surface area (Å²) in [6, 6.07) is 7.47. The van der Waals surface area contributed by atoms with Crippen LogP contribution in [0.25, 0.3) is 11.5 Å². The summed E-state index contributed by atoms with van der Waals surface area (Å²) in [5, 5.41) is 7.62. The van der Waals surface area contributed by atoms with Crippen molar-refractivity contribution in [1.29, 1.82) is 0 Å². The van der Waals surface area contributed by atoms with Crippen molar-refractivity contribution in [1.82, 2.24) is 20.2 Å². The third-order valence-electron chi connectivity index (χ3n) is 5.57. The molecule has 0 unspecified atom stereocenters. The van der Waals surface area contributed by atoms with Gasteiger partial charge in [-0.25, -0.2) is 9.97 Å². The number of aromatic nitrogens is 2. The molecule has 3 aromatic rings. The van der Waals surface area contributed by atoms with E-state index < -0.39 is 0 Å². The van der Waals surface area contributed by atoms with Crippen LogP contribution < -0.4 is 10.6 Å². The fourth-order valence-corrected chi connectivity index (χ4v) is 5.02. The van der Waals surface area contributed by atoms with Gasteiger partial charge in [-0.2, -0.15) is 0 Å². The number of likely N-dealkylation sites (tertiary alicyclic amines) is 1. The van der Waals surface area contributed by atoms with Crippen molar-refractivity contribution in [2.45, 2.75) is 30.6 Å². The van der Waals surface area contributed by atoms with Gasteiger partial charge in [0.2, 0.25) is 11.8 Å². The van der Waals surface area contributed by atoms with Gasteiger partial charge in [0.05, 0.1) is 12.5 Å². The predicted molar refractivity (Wildman–Crippen MR) is 131 cm³/mol. The number of aryl methyl sites for hydroxylation is 1. The Labute approximate surface area is 201 Å². The van der Waals surface area contributed by atoms with Gasteiger partial charge < -0.3 is 20.0 Å². The van der Waals surface area contributed by atoms with E-state index in [0.29, 0.717) is 28.7 Å². The number of benzene rings is 1. The zero-order valence-electron chi connectivity index (χ0n) is 18.9. The second-order valence-corrected chi connectivity index (χ2v) is 9.99. The highest BCUT2D eigenvalue weighted by molar-refractivity contribution is 8.00. The number of thioether (sulfide) groups is 1. The third kappa shape index (κ3) is 5.82.